The number of unbranched alkanes of at least 4 members (excludes halogenated alkanes) is 2. The molecule has 2 heteroatoms. The summed E-state index contributed by atoms with van der Waals surface area (Å²) in [5.74, 6) is 0. The summed E-state index contributed by atoms with van der Waals surface area (Å²) >= 11 is 0. The van der Waals surface area contributed by atoms with Crippen molar-refractivity contribution in [3.63, 3.8) is 0 Å². The van der Waals surface area contributed by atoms with E-state index in [9.17, 15) is 0 Å². The van der Waals surface area contributed by atoms with Crippen LogP contribution in [-0.2, 0) is 13.1 Å². The molecular formula is C13H20N2. The van der Waals surface area contributed by atoms with Gasteiger partial charge in [-0.1, -0.05) is 30.7 Å². The summed E-state index contributed by atoms with van der Waals surface area (Å²) in [6.07, 6.45) is 3.72. The van der Waals surface area contributed by atoms with Crippen LogP contribution in [0.1, 0.15) is 30.4 Å². The van der Waals surface area contributed by atoms with Gasteiger partial charge in [-0.25, -0.2) is 0 Å². The third kappa shape index (κ3) is 2.80. The third-order valence-corrected chi connectivity index (χ3v) is 3.08. The van der Waals surface area contributed by atoms with Crippen LogP contribution in [0.4, 0.5) is 0 Å². The van der Waals surface area contributed by atoms with Gasteiger partial charge in [0, 0.05) is 13.1 Å². The topological polar surface area (TPSA) is 29.3 Å². The maximum Gasteiger partial charge on any atom is 0.0240 e. The van der Waals surface area contributed by atoms with Gasteiger partial charge in [0.1, 0.15) is 0 Å². The Hall–Kier alpha value is -0.860. The van der Waals surface area contributed by atoms with E-state index in [-0.39, 0.29) is 0 Å². The van der Waals surface area contributed by atoms with Crippen LogP contribution in [0.3, 0.4) is 0 Å². The zero-order chi connectivity index (χ0) is 10.5. The molecule has 0 saturated carbocycles. The van der Waals surface area contributed by atoms with Crippen LogP contribution >= 0.6 is 0 Å². The number of nitrogens with two attached hydrogens (primary N) is 1. The first-order valence-corrected chi connectivity index (χ1v) is 5.89. The van der Waals surface area contributed by atoms with E-state index in [1.54, 1.807) is 0 Å². The molecular weight excluding hydrogens is 184 g/mol. The number of hydrogen-bond acceptors (Lipinski definition) is 2. The molecule has 0 aromatic heterocycles. The molecule has 1 aromatic rings. The molecule has 0 aliphatic carbocycles. The summed E-state index contributed by atoms with van der Waals surface area (Å²) in [5, 5.41) is 0. The quantitative estimate of drug-likeness (QED) is 0.744. The Balaban J connectivity index is 1.76. The minimum absolute atomic E-state index is 0.834. The maximum absolute atomic E-state index is 5.48. The van der Waals surface area contributed by atoms with Crippen LogP contribution in [0.25, 0.3) is 0 Å². The van der Waals surface area contributed by atoms with Crippen LogP contribution < -0.4 is 5.73 Å². The van der Waals surface area contributed by atoms with Crippen molar-refractivity contribution in [3.05, 3.63) is 35.4 Å². The van der Waals surface area contributed by atoms with Crippen molar-refractivity contribution in [2.75, 3.05) is 13.1 Å². The Morgan fingerprint density at radius 3 is 2.27 bits per heavy atom. The fourth-order valence-electron chi connectivity index (χ4n) is 2.22. The lowest BCUT2D eigenvalue weighted by atomic mass is 10.1. The predicted molar refractivity (Wildman–Crippen MR) is 63.5 cm³/mol. The first kappa shape index (κ1) is 10.7. The van der Waals surface area contributed by atoms with Crippen molar-refractivity contribution in [2.45, 2.75) is 32.4 Å². The molecule has 0 radical (unpaired) electrons. The van der Waals surface area contributed by atoms with Crippen molar-refractivity contribution < 1.29 is 0 Å². The van der Waals surface area contributed by atoms with Crippen molar-refractivity contribution in [1.82, 2.24) is 4.90 Å². The Kier molecular flexibility index (Phi) is 3.75. The number of hydrogen-bond donors (Lipinski definition) is 1. The highest BCUT2D eigenvalue weighted by Crippen LogP contribution is 2.22. The Morgan fingerprint density at radius 2 is 1.67 bits per heavy atom. The fourth-order valence-corrected chi connectivity index (χ4v) is 2.22. The van der Waals surface area contributed by atoms with E-state index in [1.807, 2.05) is 0 Å². The van der Waals surface area contributed by atoms with E-state index in [4.69, 9.17) is 5.73 Å². The van der Waals surface area contributed by atoms with Gasteiger partial charge in [-0.05, 0) is 37.1 Å². The maximum atomic E-state index is 5.48. The van der Waals surface area contributed by atoms with Gasteiger partial charge < -0.3 is 5.73 Å². The number of benzene rings is 1. The zero-order valence-electron chi connectivity index (χ0n) is 9.28. The second-order valence-electron chi connectivity index (χ2n) is 4.33. The molecule has 1 aromatic carbocycles. The summed E-state index contributed by atoms with van der Waals surface area (Å²) in [4.78, 5) is 2.53. The molecule has 0 amide bonds. The summed E-state index contributed by atoms with van der Waals surface area (Å²) < 4.78 is 0. The second-order valence-corrected chi connectivity index (χ2v) is 4.33. The van der Waals surface area contributed by atoms with E-state index in [1.165, 1.54) is 36.9 Å². The molecule has 2 N–H and O–H groups in total. The van der Waals surface area contributed by atoms with Gasteiger partial charge in [0.15, 0.2) is 0 Å². The average Bonchev–Trinajstić information content (AvgIpc) is 2.67. The first-order valence-electron chi connectivity index (χ1n) is 5.89. The Bertz CT molecular complexity index is 284. The number of nitrogens with zero attached hydrogens (tertiary/aromatic N) is 1. The number of fused-ring (bicyclic) bond motifs is 1. The van der Waals surface area contributed by atoms with Crippen molar-refractivity contribution in [3.8, 4) is 0 Å². The fraction of sp³-hybridized carbons (Fsp3) is 0.538. The Morgan fingerprint density at radius 1 is 1.00 bits per heavy atom. The van der Waals surface area contributed by atoms with Gasteiger partial charge in [-0.2, -0.15) is 0 Å². The van der Waals surface area contributed by atoms with Gasteiger partial charge in [0.25, 0.3) is 0 Å². The average molecular weight is 204 g/mol. The van der Waals surface area contributed by atoms with E-state index >= 15 is 0 Å². The molecule has 82 valence electrons. The molecule has 15 heavy (non-hydrogen) atoms. The summed E-state index contributed by atoms with van der Waals surface area (Å²) in [6.45, 7) is 4.33. The molecule has 1 heterocycles. The van der Waals surface area contributed by atoms with E-state index in [0.717, 1.165) is 19.6 Å². The van der Waals surface area contributed by atoms with Gasteiger partial charge in [0.05, 0.1) is 0 Å². The van der Waals surface area contributed by atoms with Gasteiger partial charge >= 0.3 is 0 Å². The second kappa shape index (κ2) is 5.29. The van der Waals surface area contributed by atoms with Crippen LogP contribution in [0.5, 0.6) is 0 Å². The van der Waals surface area contributed by atoms with Crippen molar-refractivity contribution in [1.29, 1.82) is 0 Å². The molecule has 1 aliphatic heterocycles. The lowest BCUT2D eigenvalue weighted by Gasteiger charge is -2.13. The van der Waals surface area contributed by atoms with Gasteiger partial charge in [0.2, 0.25) is 0 Å². The van der Waals surface area contributed by atoms with Crippen molar-refractivity contribution >= 4 is 0 Å². The SMILES string of the molecule is NCCCCCN1Cc2ccccc2C1. The molecule has 0 spiro atoms. The normalized spacial score (nSPS) is 15.5. The van der Waals surface area contributed by atoms with E-state index in [2.05, 4.69) is 29.2 Å². The summed E-state index contributed by atoms with van der Waals surface area (Å²) in [5.41, 5.74) is 8.50. The molecule has 2 rings (SSSR count). The minimum atomic E-state index is 0.834. The van der Waals surface area contributed by atoms with E-state index < -0.39 is 0 Å². The predicted octanol–water partition coefficient (Wildman–Crippen LogP) is 2.13. The summed E-state index contributed by atoms with van der Waals surface area (Å²) in [7, 11) is 0. The van der Waals surface area contributed by atoms with Gasteiger partial charge in [-0.3, -0.25) is 4.90 Å². The standard InChI is InChI=1S/C13H20N2/c14-8-4-1-5-9-15-10-12-6-2-3-7-13(12)11-15/h2-3,6-7H,1,4-5,8-11,14H2. The zero-order valence-corrected chi connectivity index (χ0v) is 9.28. The monoisotopic (exact) mass is 204 g/mol. The molecule has 0 unspecified atom stereocenters. The minimum Gasteiger partial charge on any atom is -0.330 e. The summed E-state index contributed by atoms with van der Waals surface area (Å²) in [6, 6.07) is 8.76. The first-order chi connectivity index (χ1) is 7.40. The largest absolute Gasteiger partial charge is 0.330 e. The number of rotatable bonds is 5. The molecule has 1 aliphatic rings. The van der Waals surface area contributed by atoms with Gasteiger partial charge in [-0.15, -0.1) is 0 Å². The lowest BCUT2D eigenvalue weighted by molar-refractivity contribution is 0.277. The molecule has 0 saturated heterocycles. The van der Waals surface area contributed by atoms with Crippen LogP contribution in [0.2, 0.25) is 0 Å². The Labute approximate surface area is 92.1 Å². The van der Waals surface area contributed by atoms with Crippen LogP contribution in [0, 0.1) is 0 Å². The highest BCUT2D eigenvalue weighted by Gasteiger charge is 2.16. The highest BCUT2D eigenvalue weighted by molar-refractivity contribution is 5.30. The smallest absolute Gasteiger partial charge is 0.0240 e. The third-order valence-electron chi connectivity index (χ3n) is 3.08. The van der Waals surface area contributed by atoms with E-state index in [0.29, 0.717) is 0 Å². The molecule has 0 atom stereocenters. The van der Waals surface area contributed by atoms with Crippen molar-refractivity contribution in [2.24, 2.45) is 5.73 Å². The molecule has 2 nitrogen and oxygen atoms in total. The molecule has 0 bridgehead atoms. The lowest BCUT2D eigenvalue weighted by Crippen LogP contribution is -2.17. The van der Waals surface area contributed by atoms with Crippen LogP contribution in [-0.4, -0.2) is 18.0 Å². The molecule has 0 fully saturated rings. The van der Waals surface area contributed by atoms with Crippen LogP contribution in [0.15, 0.2) is 24.3 Å². The highest BCUT2D eigenvalue weighted by atomic mass is 15.1.